The monoisotopic (exact) mass is 493 g/mol. The summed E-state index contributed by atoms with van der Waals surface area (Å²) in [6, 6.07) is 14.2. The molecule has 2 aromatic carbocycles. The molecule has 0 saturated carbocycles. The van der Waals surface area contributed by atoms with Crippen LogP contribution in [0.2, 0.25) is 0 Å². The summed E-state index contributed by atoms with van der Waals surface area (Å²) < 4.78 is 35.2. The number of carbonyl (C=O) groups is 1. The zero-order valence-electron chi connectivity index (χ0n) is 19.0. The number of halogens is 2. The average molecular weight is 494 g/mol. The van der Waals surface area contributed by atoms with Gasteiger partial charge in [-0.3, -0.25) is 9.59 Å². The molecular formula is C26H21F2N3O3S. The minimum atomic E-state index is -0.667. The highest BCUT2D eigenvalue weighted by molar-refractivity contribution is 7.99. The molecule has 0 N–H and O–H groups in total. The van der Waals surface area contributed by atoms with Gasteiger partial charge >= 0.3 is 0 Å². The Morgan fingerprint density at radius 3 is 2.74 bits per heavy atom. The summed E-state index contributed by atoms with van der Waals surface area (Å²) in [5.74, 6) is -1.80. The lowest BCUT2D eigenvalue weighted by Crippen LogP contribution is -2.34. The van der Waals surface area contributed by atoms with Crippen LogP contribution in [0.1, 0.15) is 38.3 Å². The smallest absolute Gasteiger partial charge is 0.259 e. The van der Waals surface area contributed by atoms with Crippen LogP contribution in [0, 0.1) is 18.6 Å². The van der Waals surface area contributed by atoms with Crippen LogP contribution in [0.3, 0.4) is 0 Å². The summed E-state index contributed by atoms with van der Waals surface area (Å²) in [5, 5.41) is 3.35. The van der Waals surface area contributed by atoms with Gasteiger partial charge in [0.25, 0.3) is 5.91 Å². The Bertz CT molecular complexity index is 1480. The average Bonchev–Trinajstić information content (AvgIpc) is 3.25. The van der Waals surface area contributed by atoms with Crippen molar-refractivity contribution in [1.82, 2.24) is 14.6 Å². The predicted molar refractivity (Wildman–Crippen MR) is 128 cm³/mol. The van der Waals surface area contributed by atoms with Crippen molar-refractivity contribution in [3.8, 4) is 5.69 Å². The number of hydrogen-bond acceptors (Lipinski definition) is 5. The molecule has 3 heterocycles. The number of nitrogens with zero attached hydrogens (tertiary/aromatic N) is 3. The van der Waals surface area contributed by atoms with Crippen molar-refractivity contribution in [2.24, 2.45) is 0 Å². The first-order valence-electron chi connectivity index (χ1n) is 10.9. The first-order chi connectivity index (χ1) is 16.8. The van der Waals surface area contributed by atoms with Gasteiger partial charge in [-0.1, -0.05) is 23.4 Å². The number of thioether (sulfide) groups is 1. The van der Waals surface area contributed by atoms with Crippen molar-refractivity contribution < 1.29 is 18.1 Å². The maximum absolute atomic E-state index is 14.9. The van der Waals surface area contributed by atoms with E-state index in [1.807, 2.05) is 28.8 Å². The molecule has 35 heavy (non-hydrogen) atoms. The number of amides is 1. The molecule has 4 aromatic rings. The molecule has 1 aliphatic rings. The fourth-order valence-corrected chi connectivity index (χ4v) is 5.73. The van der Waals surface area contributed by atoms with E-state index in [0.29, 0.717) is 22.6 Å². The second-order valence-corrected chi connectivity index (χ2v) is 9.65. The molecule has 0 aliphatic carbocycles. The van der Waals surface area contributed by atoms with E-state index in [2.05, 4.69) is 5.16 Å². The topological polar surface area (TPSA) is 68.3 Å². The maximum Gasteiger partial charge on any atom is 0.259 e. The summed E-state index contributed by atoms with van der Waals surface area (Å²) in [6.45, 7) is 1.96. The Hall–Kier alpha value is -3.72. The van der Waals surface area contributed by atoms with E-state index in [9.17, 15) is 18.4 Å². The van der Waals surface area contributed by atoms with Crippen LogP contribution in [0.15, 0.2) is 75.1 Å². The Morgan fingerprint density at radius 2 is 2.00 bits per heavy atom. The molecule has 178 valence electrons. The van der Waals surface area contributed by atoms with Gasteiger partial charge in [0.2, 0.25) is 0 Å². The van der Waals surface area contributed by atoms with Gasteiger partial charge in [0.15, 0.2) is 5.43 Å². The van der Waals surface area contributed by atoms with E-state index in [1.54, 1.807) is 20.0 Å². The van der Waals surface area contributed by atoms with Crippen LogP contribution < -0.4 is 5.43 Å². The second kappa shape index (κ2) is 9.14. The first kappa shape index (κ1) is 23.0. The first-order valence-corrected chi connectivity index (χ1v) is 11.8. The van der Waals surface area contributed by atoms with Crippen LogP contribution in [-0.4, -0.2) is 27.6 Å². The van der Waals surface area contributed by atoms with Crippen molar-refractivity contribution in [3.05, 3.63) is 111 Å². The minimum absolute atomic E-state index is 0.0198. The third-order valence-electron chi connectivity index (χ3n) is 6.01. The highest BCUT2D eigenvalue weighted by atomic mass is 32.2. The lowest BCUT2D eigenvalue weighted by molar-refractivity contribution is 0.0779. The molecule has 1 amide bonds. The molecule has 0 bridgehead atoms. The zero-order chi connectivity index (χ0) is 24.7. The summed E-state index contributed by atoms with van der Waals surface area (Å²) >= 11 is 1.42. The van der Waals surface area contributed by atoms with Gasteiger partial charge in [-0.15, -0.1) is 11.8 Å². The van der Waals surface area contributed by atoms with Crippen molar-refractivity contribution in [2.75, 3.05) is 7.05 Å². The van der Waals surface area contributed by atoms with Crippen molar-refractivity contribution >= 4 is 17.7 Å². The van der Waals surface area contributed by atoms with Gasteiger partial charge < -0.3 is 14.0 Å². The van der Waals surface area contributed by atoms with Gasteiger partial charge in [-0.2, -0.15) is 0 Å². The van der Waals surface area contributed by atoms with Crippen LogP contribution in [0.25, 0.3) is 5.69 Å². The van der Waals surface area contributed by atoms with Crippen molar-refractivity contribution in [2.45, 2.75) is 30.0 Å². The molecule has 0 saturated heterocycles. The lowest BCUT2D eigenvalue weighted by Gasteiger charge is -2.23. The number of fused-ring (bicyclic) bond motifs is 3. The molecular weight excluding hydrogens is 472 g/mol. The van der Waals surface area contributed by atoms with E-state index in [1.165, 1.54) is 41.1 Å². The number of carbonyl (C=O) groups excluding carboxylic acids is 1. The van der Waals surface area contributed by atoms with Gasteiger partial charge in [0, 0.05) is 58.8 Å². The highest BCUT2D eigenvalue weighted by Crippen LogP contribution is 2.45. The van der Waals surface area contributed by atoms with Gasteiger partial charge in [0.05, 0.1) is 12.2 Å². The summed E-state index contributed by atoms with van der Waals surface area (Å²) in [7, 11) is 1.59. The Balaban J connectivity index is 1.69. The number of hydrogen-bond donors (Lipinski definition) is 0. The lowest BCUT2D eigenvalue weighted by atomic mass is 10.0. The van der Waals surface area contributed by atoms with E-state index in [4.69, 9.17) is 4.52 Å². The number of para-hydroxylation sites is 1. The number of benzene rings is 2. The Morgan fingerprint density at radius 1 is 1.20 bits per heavy atom. The third-order valence-corrected chi connectivity index (χ3v) is 7.32. The van der Waals surface area contributed by atoms with E-state index >= 15 is 0 Å². The molecule has 5 rings (SSSR count). The number of aromatic nitrogens is 2. The normalized spacial score (nSPS) is 14.7. The molecule has 9 heteroatoms. The molecule has 0 unspecified atom stereocenters. The molecule has 0 fully saturated rings. The Labute approximate surface area is 204 Å². The molecule has 6 nitrogen and oxygen atoms in total. The fraction of sp³-hybridized carbons (Fsp3) is 0.192. The number of rotatable bonds is 4. The summed E-state index contributed by atoms with van der Waals surface area (Å²) in [4.78, 5) is 29.1. The molecule has 0 radical (unpaired) electrons. The van der Waals surface area contributed by atoms with Gasteiger partial charge in [-0.25, -0.2) is 8.78 Å². The molecule has 1 aliphatic heterocycles. The van der Waals surface area contributed by atoms with Crippen LogP contribution in [-0.2, 0) is 13.0 Å². The quantitative estimate of drug-likeness (QED) is 0.397. The van der Waals surface area contributed by atoms with E-state index < -0.39 is 28.2 Å². The highest BCUT2D eigenvalue weighted by Gasteiger charge is 2.31. The Kier molecular flexibility index (Phi) is 6.02. The summed E-state index contributed by atoms with van der Waals surface area (Å²) in [6.07, 6.45) is 1.61. The van der Waals surface area contributed by atoms with Gasteiger partial charge in [-0.05, 0) is 25.1 Å². The van der Waals surface area contributed by atoms with Gasteiger partial charge in [0.1, 0.15) is 29.2 Å². The number of pyridine rings is 1. The maximum atomic E-state index is 14.9. The van der Waals surface area contributed by atoms with Crippen LogP contribution in [0.4, 0.5) is 8.78 Å². The van der Waals surface area contributed by atoms with Crippen molar-refractivity contribution in [3.63, 3.8) is 0 Å². The molecule has 0 spiro atoms. The second-order valence-electron chi connectivity index (χ2n) is 8.40. The minimum Gasteiger partial charge on any atom is -0.364 e. The standard InChI is InChI=1S/C26H21F2N3O3S/c1-15-11-22(32)25(26(33)30(2)14-17-9-10-34-29-17)21-13-24(18-8-7-16(27)12-19(18)28)35-23-6-4-3-5-20(23)31(15)21/h3-12,24H,13-14H2,1-2H3/t24-/m1/s1. The molecule has 2 aromatic heterocycles. The van der Waals surface area contributed by atoms with Crippen LogP contribution >= 0.6 is 11.8 Å². The zero-order valence-corrected chi connectivity index (χ0v) is 19.8. The SMILES string of the molecule is Cc1cc(=O)c(C(=O)N(C)Cc2ccon2)c2n1-c1ccccc1S[C@@H](c1ccc(F)cc1F)C2. The number of aryl methyl sites for hydroxylation is 1. The largest absolute Gasteiger partial charge is 0.364 e. The summed E-state index contributed by atoms with van der Waals surface area (Å²) in [5.41, 5.74) is 2.41. The predicted octanol–water partition coefficient (Wildman–Crippen LogP) is 5.07. The van der Waals surface area contributed by atoms with Crippen molar-refractivity contribution in [1.29, 1.82) is 0 Å². The molecule has 1 atom stereocenters. The third kappa shape index (κ3) is 4.27. The van der Waals surface area contributed by atoms with Crippen LogP contribution in [0.5, 0.6) is 0 Å². The van der Waals surface area contributed by atoms with E-state index in [-0.39, 0.29) is 18.5 Å². The fourth-order valence-electron chi connectivity index (χ4n) is 4.42. The van der Waals surface area contributed by atoms with E-state index in [0.717, 1.165) is 16.6 Å².